The largest absolute Gasteiger partial charge is 0.481 e. The predicted molar refractivity (Wildman–Crippen MR) is 129 cm³/mol. The summed E-state index contributed by atoms with van der Waals surface area (Å²) in [6.07, 6.45) is 1.17. The summed E-state index contributed by atoms with van der Waals surface area (Å²) in [5.41, 5.74) is 9.09. The molecule has 178 valence electrons. The second-order valence-electron chi connectivity index (χ2n) is 8.39. The zero-order valence-corrected chi connectivity index (χ0v) is 19.0. The molecular formula is C24H28N6O4. The summed E-state index contributed by atoms with van der Waals surface area (Å²) in [5.74, 6) is -1.13. The number of nitrogens with zero attached hydrogens (tertiary/aromatic N) is 3. The molecule has 0 spiro atoms. The van der Waals surface area contributed by atoms with E-state index in [9.17, 15) is 14.4 Å². The number of hydrogen-bond donors (Lipinski definition) is 4. The highest BCUT2D eigenvalue weighted by Crippen LogP contribution is 2.26. The van der Waals surface area contributed by atoms with E-state index in [-0.39, 0.29) is 24.8 Å². The van der Waals surface area contributed by atoms with Gasteiger partial charge in [0.15, 0.2) is 0 Å². The third kappa shape index (κ3) is 4.86. The number of likely N-dealkylation sites (N-methyl/N-ethyl adjacent to an activating group) is 1. The van der Waals surface area contributed by atoms with Gasteiger partial charge in [0.1, 0.15) is 6.04 Å². The molecule has 0 fully saturated rings. The van der Waals surface area contributed by atoms with Crippen LogP contribution in [0.25, 0.3) is 11.0 Å². The Morgan fingerprint density at radius 1 is 1.24 bits per heavy atom. The number of para-hydroxylation sites is 2. The molecule has 0 radical (unpaired) electrons. The lowest BCUT2D eigenvalue weighted by atomic mass is 10.1. The van der Waals surface area contributed by atoms with Crippen molar-refractivity contribution in [3.8, 4) is 0 Å². The van der Waals surface area contributed by atoms with Gasteiger partial charge < -0.3 is 26.0 Å². The van der Waals surface area contributed by atoms with E-state index in [1.807, 2.05) is 24.3 Å². The Labute approximate surface area is 196 Å². The Morgan fingerprint density at radius 2 is 2.03 bits per heavy atom. The summed E-state index contributed by atoms with van der Waals surface area (Å²) in [7, 11) is 1.62. The lowest BCUT2D eigenvalue weighted by Gasteiger charge is -2.21. The van der Waals surface area contributed by atoms with Crippen LogP contribution in [0.4, 0.5) is 11.6 Å². The van der Waals surface area contributed by atoms with Gasteiger partial charge in [0.25, 0.3) is 5.91 Å². The van der Waals surface area contributed by atoms with Crippen molar-refractivity contribution in [2.45, 2.75) is 31.8 Å². The van der Waals surface area contributed by atoms with E-state index in [1.165, 1.54) is 4.90 Å². The number of H-pyrrole nitrogens is 1. The minimum Gasteiger partial charge on any atom is -0.481 e. The number of benzene rings is 2. The summed E-state index contributed by atoms with van der Waals surface area (Å²) < 4.78 is 0. The highest BCUT2D eigenvalue weighted by atomic mass is 16.4. The second kappa shape index (κ2) is 9.92. The summed E-state index contributed by atoms with van der Waals surface area (Å²) in [5, 5.41) is 12.2. The van der Waals surface area contributed by atoms with Crippen LogP contribution < -0.4 is 16.0 Å². The molecular weight excluding hydrogens is 436 g/mol. The fourth-order valence-corrected chi connectivity index (χ4v) is 4.10. The zero-order chi connectivity index (χ0) is 24.2. The van der Waals surface area contributed by atoms with Gasteiger partial charge >= 0.3 is 5.97 Å². The number of aromatic nitrogens is 2. The normalized spacial score (nSPS) is 15.5. The molecule has 1 atom stereocenters. The molecule has 2 heterocycles. The maximum Gasteiger partial charge on any atom is 0.305 e. The number of hydrogen-bond acceptors (Lipinski definition) is 6. The van der Waals surface area contributed by atoms with Crippen LogP contribution in [-0.4, -0.2) is 63.9 Å². The van der Waals surface area contributed by atoms with Gasteiger partial charge in [-0.15, -0.1) is 0 Å². The topological polar surface area (TPSA) is 145 Å². The smallest absolute Gasteiger partial charge is 0.305 e. The molecule has 0 aliphatic carbocycles. The van der Waals surface area contributed by atoms with Gasteiger partial charge in [-0.2, -0.15) is 0 Å². The van der Waals surface area contributed by atoms with Crippen LogP contribution in [0.1, 0.15) is 35.2 Å². The van der Waals surface area contributed by atoms with E-state index >= 15 is 0 Å². The third-order valence-electron chi connectivity index (χ3n) is 5.86. The summed E-state index contributed by atoms with van der Waals surface area (Å²) in [6.45, 7) is 1.24. The number of aliphatic carboxylic acids is 1. The highest BCUT2D eigenvalue weighted by Gasteiger charge is 2.30. The fraction of sp³-hybridized carbons (Fsp3) is 0.333. The van der Waals surface area contributed by atoms with E-state index in [0.29, 0.717) is 30.3 Å². The molecule has 1 aliphatic rings. The number of carbonyl (C=O) groups excluding carboxylic acids is 2. The summed E-state index contributed by atoms with van der Waals surface area (Å²) in [4.78, 5) is 48.3. The van der Waals surface area contributed by atoms with E-state index in [2.05, 4.69) is 15.3 Å². The van der Waals surface area contributed by atoms with Gasteiger partial charge in [-0.25, -0.2) is 4.98 Å². The number of anilines is 2. The molecule has 0 unspecified atom stereocenters. The van der Waals surface area contributed by atoms with Gasteiger partial charge in [-0.3, -0.25) is 19.3 Å². The molecule has 3 aromatic rings. The van der Waals surface area contributed by atoms with Crippen LogP contribution in [-0.2, 0) is 16.1 Å². The number of rotatable bonds is 8. The molecule has 4 rings (SSSR count). The minimum atomic E-state index is -1.06. The Kier molecular flexibility index (Phi) is 6.78. The maximum absolute atomic E-state index is 13.6. The summed E-state index contributed by atoms with van der Waals surface area (Å²) >= 11 is 0. The standard InChI is InChI=1S/C24H28N6O4/c1-29-14-16-12-15(8-9-17(16)26-20(23(29)34)13-21(31)32)22(33)30(11-5-4-10-25)24-27-18-6-2-3-7-19(18)28-24/h2-3,6-9,12,20,26H,4-5,10-11,13-14,25H2,1H3,(H,27,28)(H,31,32)/t20-/m0/s1. The fourth-order valence-electron chi connectivity index (χ4n) is 4.10. The van der Waals surface area contributed by atoms with Gasteiger partial charge in [-0.05, 0) is 55.3 Å². The molecule has 0 saturated carbocycles. The number of unbranched alkanes of at least 4 members (excludes halogenated alkanes) is 1. The van der Waals surface area contributed by atoms with Crippen molar-refractivity contribution in [1.29, 1.82) is 0 Å². The van der Waals surface area contributed by atoms with Crippen molar-refractivity contribution in [2.24, 2.45) is 5.73 Å². The van der Waals surface area contributed by atoms with Gasteiger partial charge in [-0.1, -0.05) is 12.1 Å². The molecule has 10 heteroatoms. The molecule has 0 bridgehead atoms. The zero-order valence-electron chi connectivity index (χ0n) is 19.0. The Morgan fingerprint density at radius 3 is 2.76 bits per heavy atom. The molecule has 34 heavy (non-hydrogen) atoms. The number of amides is 2. The van der Waals surface area contributed by atoms with E-state index in [4.69, 9.17) is 10.8 Å². The number of carboxylic acids is 1. The SMILES string of the molecule is CN1Cc2cc(C(=O)N(CCCCN)c3nc4ccccc4[nH]3)ccc2N[C@@H](CC(=O)O)C1=O. The average molecular weight is 465 g/mol. The van der Waals surface area contributed by atoms with Crippen LogP contribution in [0.2, 0.25) is 0 Å². The lowest BCUT2D eigenvalue weighted by Crippen LogP contribution is -2.39. The Bertz CT molecular complexity index is 1190. The molecule has 10 nitrogen and oxygen atoms in total. The van der Waals surface area contributed by atoms with E-state index in [0.717, 1.165) is 29.4 Å². The van der Waals surface area contributed by atoms with Gasteiger partial charge in [0.2, 0.25) is 11.9 Å². The number of aromatic amines is 1. The first-order chi connectivity index (χ1) is 16.4. The molecule has 1 aliphatic heterocycles. The number of carbonyl (C=O) groups is 3. The van der Waals surface area contributed by atoms with Crippen molar-refractivity contribution in [3.05, 3.63) is 53.6 Å². The molecule has 5 N–H and O–H groups in total. The third-order valence-corrected chi connectivity index (χ3v) is 5.86. The van der Waals surface area contributed by atoms with Crippen LogP contribution in [0, 0.1) is 0 Å². The van der Waals surface area contributed by atoms with Crippen molar-refractivity contribution in [2.75, 3.05) is 30.4 Å². The Hall–Kier alpha value is -3.92. The summed E-state index contributed by atoms with van der Waals surface area (Å²) in [6, 6.07) is 11.9. The number of imidazole rings is 1. The minimum absolute atomic E-state index is 0.223. The average Bonchev–Trinajstić information content (AvgIpc) is 3.20. The molecule has 2 aromatic carbocycles. The predicted octanol–water partition coefficient (Wildman–Crippen LogP) is 2.18. The quantitative estimate of drug-likeness (QED) is 0.374. The maximum atomic E-state index is 13.6. The lowest BCUT2D eigenvalue weighted by molar-refractivity contribution is -0.141. The van der Waals surface area contributed by atoms with E-state index < -0.39 is 12.0 Å². The number of nitrogens with one attached hydrogen (secondary N) is 2. The van der Waals surface area contributed by atoms with Gasteiger partial charge in [0.05, 0.1) is 17.5 Å². The molecule has 1 aromatic heterocycles. The highest BCUT2D eigenvalue weighted by molar-refractivity contribution is 6.06. The van der Waals surface area contributed by atoms with Crippen LogP contribution >= 0.6 is 0 Å². The second-order valence-corrected chi connectivity index (χ2v) is 8.39. The molecule has 2 amide bonds. The number of fused-ring (bicyclic) bond motifs is 2. The van der Waals surface area contributed by atoms with Crippen molar-refractivity contribution < 1.29 is 19.5 Å². The number of nitrogens with two attached hydrogens (primary N) is 1. The molecule has 0 saturated heterocycles. The van der Waals surface area contributed by atoms with Crippen molar-refractivity contribution in [1.82, 2.24) is 14.9 Å². The van der Waals surface area contributed by atoms with Gasteiger partial charge in [0, 0.05) is 31.4 Å². The van der Waals surface area contributed by atoms with Crippen LogP contribution in [0.5, 0.6) is 0 Å². The first-order valence-electron chi connectivity index (χ1n) is 11.2. The number of carboxylic acid groups (broad SMARTS) is 1. The first kappa shape index (κ1) is 23.2. The Balaban J connectivity index is 1.65. The van der Waals surface area contributed by atoms with Crippen LogP contribution in [0.3, 0.4) is 0 Å². The monoisotopic (exact) mass is 464 g/mol. The first-order valence-corrected chi connectivity index (χ1v) is 11.2. The van der Waals surface area contributed by atoms with Crippen molar-refractivity contribution in [3.63, 3.8) is 0 Å². The van der Waals surface area contributed by atoms with E-state index in [1.54, 1.807) is 30.1 Å². The van der Waals surface area contributed by atoms with Crippen molar-refractivity contribution >= 4 is 40.5 Å². The van der Waals surface area contributed by atoms with Crippen LogP contribution in [0.15, 0.2) is 42.5 Å².